The van der Waals surface area contributed by atoms with E-state index >= 15 is 0 Å². The van der Waals surface area contributed by atoms with Crippen molar-refractivity contribution in [3.8, 4) is 0 Å². The number of nitrogens with zero attached hydrogens (tertiary/aromatic N) is 1. The van der Waals surface area contributed by atoms with Crippen LogP contribution in [0.4, 0.5) is 0 Å². The summed E-state index contributed by atoms with van der Waals surface area (Å²) >= 11 is 0. The van der Waals surface area contributed by atoms with Crippen LogP contribution in [0.5, 0.6) is 0 Å². The summed E-state index contributed by atoms with van der Waals surface area (Å²) in [7, 11) is 0. The molecule has 0 aromatic rings. The molecule has 0 radical (unpaired) electrons. The molecule has 0 aliphatic heterocycles. The Kier molecular flexibility index (Phi) is 9.43. The Morgan fingerprint density at radius 3 is 1.49 bits per heavy atom. The molecule has 9 saturated carbocycles. The van der Waals surface area contributed by atoms with Gasteiger partial charge in [0.05, 0.1) is 0 Å². The quantitative estimate of drug-likeness (QED) is 0.297. The van der Waals surface area contributed by atoms with E-state index < -0.39 is 0 Å². The summed E-state index contributed by atoms with van der Waals surface area (Å²) in [4.78, 5) is 3.41. The van der Waals surface area contributed by atoms with Gasteiger partial charge in [-0.2, -0.15) is 0 Å². The van der Waals surface area contributed by atoms with Gasteiger partial charge in [-0.1, -0.05) is 103 Å². The predicted octanol–water partition coefficient (Wildman–Crippen LogP) is 12.2. The van der Waals surface area contributed by atoms with E-state index in [0.717, 1.165) is 89.1 Å². The van der Waals surface area contributed by atoms with E-state index in [9.17, 15) is 0 Å². The molecule has 0 spiro atoms. The Morgan fingerprint density at radius 2 is 0.756 bits per heavy atom. The van der Waals surface area contributed by atoms with Crippen molar-refractivity contribution in [1.82, 2.24) is 4.90 Å². The molecule has 10 unspecified atom stereocenters. The van der Waals surface area contributed by atoms with E-state index in [1.165, 1.54) is 38.5 Å². The van der Waals surface area contributed by atoms with Crippen LogP contribution in [0.1, 0.15) is 186 Å². The van der Waals surface area contributed by atoms with Gasteiger partial charge in [-0.05, 0) is 154 Å². The summed E-state index contributed by atoms with van der Waals surface area (Å²) in [6.07, 6.45) is 45.9. The Bertz CT molecular complexity index is 938. The third-order valence-corrected chi connectivity index (χ3v) is 17.9. The normalized spacial score (nSPS) is 49.7. The van der Waals surface area contributed by atoms with Gasteiger partial charge in [-0.15, -0.1) is 0 Å². The molecular weight excluding hydrogens is 542 g/mol. The third-order valence-electron chi connectivity index (χ3n) is 17.9. The Labute approximate surface area is 279 Å². The molecule has 45 heavy (non-hydrogen) atoms. The van der Waals surface area contributed by atoms with Crippen LogP contribution in [-0.4, -0.2) is 23.0 Å². The van der Waals surface area contributed by atoms with Crippen LogP contribution in [-0.2, 0) is 0 Å². The third kappa shape index (κ3) is 5.96. The zero-order valence-corrected chi connectivity index (χ0v) is 29.6. The summed E-state index contributed by atoms with van der Waals surface area (Å²) in [6.45, 7) is 0. The first-order valence-electron chi connectivity index (χ1n) is 22.1. The molecule has 1 nitrogen and oxygen atoms in total. The molecule has 0 bridgehead atoms. The average molecular weight is 616 g/mol. The summed E-state index contributed by atoms with van der Waals surface area (Å²) in [5.74, 6) is 13.4. The first kappa shape index (κ1) is 31.0. The highest BCUT2D eigenvalue weighted by molar-refractivity contribution is 5.09. The highest BCUT2D eigenvalue weighted by Gasteiger charge is 2.59. The maximum atomic E-state index is 3.41. The molecule has 9 rings (SSSR count). The van der Waals surface area contributed by atoms with E-state index in [1.54, 1.807) is 148 Å². The fraction of sp³-hybridized carbons (Fsp3) is 1.00. The van der Waals surface area contributed by atoms with Gasteiger partial charge in [0.15, 0.2) is 0 Å². The van der Waals surface area contributed by atoms with Crippen molar-refractivity contribution in [3.05, 3.63) is 0 Å². The van der Waals surface area contributed by atoms with Gasteiger partial charge < -0.3 is 0 Å². The van der Waals surface area contributed by atoms with Crippen molar-refractivity contribution < 1.29 is 0 Å². The van der Waals surface area contributed by atoms with Crippen LogP contribution in [0.2, 0.25) is 0 Å². The molecule has 0 saturated heterocycles. The fourth-order valence-electron chi connectivity index (χ4n) is 16.3. The monoisotopic (exact) mass is 616 g/mol. The molecule has 0 N–H and O–H groups in total. The Balaban J connectivity index is 0.974. The first-order valence-corrected chi connectivity index (χ1v) is 22.1. The van der Waals surface area contributed by atoms with Crippen molar-refractivity contribution in [2.45, 2.75) is 204 Å². The lowest BCUT2D eigenvalue weighted by Gasteiger charge is -2.54. The minimum Gasteiger partial charge on any atom is -0.294 e. The van der Waals surface area contributed by atoms with E-state index in [0.29, 0.717) is 0 Å². The van der Waals surface area contributed by atoms with Crippen LogP contribution in [0, 0.1) is 71.0 Å². The van der Waals surface area contributed by atoms with Crippen LogP contribution in [0.15, 0.2) is 0 Å². The minimum absolute atomic E-state index is 0.940. The van der Waals surface area contributed by atoms with Crippen LogP contribution in [0.3, 0.4) is 0 Å². The molecule has 0 heterocycles. The number of fused-ring (bicyclic) bond motifs is 5. The molecule has 1 heteroatoms. The topological polar surface area (TPSA) is 3.24 Å². The lowest BCUT2D eigenvalue weighted by atomic mass is 9.53. The van der Waals surface area contributed by atoms with E-state index in [2.05, 4.69) is 4.90 Å². The Hall–Kier alpha value is -0.0400. The maximum absolute atomic E-state index is 3.41. The van der Waals surface area contributed by atoms with Crippen LogP contribution >= 0.6 is 0 Å². The SMILES string of the molecule is C1CCC(C2CCC(N(C3CCCCC3)C3CCCC4C3CC3CC5CCCCC5C(C5CC6CCCCC6C5)C34)CC2)CC1. The highest BCUT2D eigenvalue weighted by atomic mass is 15.2. The van der Waals surface area contributed by atoms with Crippen molar-refractivity contribution in [2.75, 3.05) is 0 Å². The van der Waals surface area contributed by atoms with Crippen molar-refractivity contribution in [2.24, 2.45) is 71.0 Å². The van der Waals surface area contributed by atoms with Gasteiger partial charge in [0, 0.05) is 18.1 Å². The number of hydrogen-bond acceptors (Lipinski definition) is 1. The summed E-state index contributed by atoms with van der Waals surface area (Å²) in [5.41, 5.74) is 0. The molecule has 9 aliphatic rings. The second-order valence-corrected chi connectivity index (χ2v) is 19.7. The molecule has 0 aromatic carbocycles. The Morgan fingerprint density at radius 1 is 0.267 bits per heavy atom. The van der Waals surface area contributed by atoms with Gasteiger partial charge in [0.2, 0.25) is 0 Å². The lowest BCUT2D eigenvalue weighted by molar-refractivity contribution is -0.0494. The van der Waals surface area contributed by atoms with E-state index in [4.69, 9.17) is 0 Å². The first-order chi connectivity index (χ1) is 22.3. The van der Waals surface area contributed by atoms with Crippen LogP contribution in [0.25, 0.3) is 0 Å². The minimum atomic E-state index is 0.940. The zero-order valence-electron chi connectivity index (χ0n) is 29.6. The summed E-state index contributed by atoms with van der Waals surface area (Å²) in [5, 5.41) is 0. The smallest absolute Gasteiger partial charge is 0.0132 e. The van der Waals surface area contributed by atoms with Crippen molar-refractivity contribution in [1.29, 1.82) is 0 Å². The van der Waals surface area contributed by atoms with Gasteiger partial charge in [0.1, 0.15) is 0 Å². The van der Waals surface area contributed by atoms with Crippen molar-refractivity contribution >= 4 is 0 Å². The molecule has 254 valence electrons. The second-order valence-electron chi connectivity index (χ2n) is 19.7. The van der Waals surface area contributed by atoms with E-state index in [1.807, 2.05) is 0 Å². The molecule has 0 amide bonds. The maximum Gasteiger partial charge on any atom is 0.0132 e. The van der Waals surface area contributed by atoms with Gasteiger partial charge in [-0.3, -0.25) is 4.90 Å². The van der Waals surface area contributed by atoms with Gasteiger partial charge in [0.25, 0.3) is 0 Å². The fourth-order valence-corrected chi connectivity index (χ4v) is 16.3. The predicted molar refractivity (Wildman–Crippen MR) is 189 cm³/mol. The van der Waals surface area contributed by atoms with Gasteiger partial charge >= 0.3 is 0 Å². The molecule has 9 aliphatic carbocycles. The molecular formula is C44H73N. The number of rotatable bonds is 5. The number of hydrogen-bond donors (Lipinski definition) is 0. The van der Waals surface area contributed by atoms with Gasteiger partial charge in [-0.25, -0.2) is 0 Å². The molecule has 9 fully saturated rings. The van der Waals surface area contributed by atoms with Crippen molar-refractivity contribution in [3.63, 3.8) is 0 Å². The summed E-state index contributed by atoms with van der Waals surface area (Å²) < 4.78 is 0. The standard InChI is InChI=1S/C44H73N/c1-3-12-30(13-4-1)31-22-24-38(25-23-31)45(37-17-5-2-6-18-37)42-21-11-20-40-41(42)29-36-28-34-16-9-10-19-39(34)43(44(36)40)35-26-32-14-7-8-15-33(32)27-35/h30-44H,1-29H2. The lowest BCUT2D eigenvalue weighted by Crippen LogP contribution is -2.56. The summed E-state index contributed by atoms with van der Waals surface area (Å²) in [6, 6.07) is 2.84. The van der Waals surface area contributed by atoms with Crippen LogP contribution < -0.4 is 0 Å². The average Bonchev–Trinajstić information content (AvgIpc) is 3.70. The van der Waals surface area contributed by atoms with E-state index in [-0.39, 0.29) is 0 Å². The zero-order chi connectivity index (χ0) is 29.7. The molecule has 0 aromatic heterocycles. The largest absolute Gasteiger partial charge is 0.294 e. The molecule has 10 atom stereocenters. The second kappa shape index (κ2) is 13.7. The highest BCUT2D eigenvalue weighted by Crippen LogP contribution is 2.65.